The van der Waals surface area contributed by atoms with Gasteiger partial charge < -0.3 is 25.2 Å². The highest BCUT2D eigenvalue weighted by molar-refractivity contribution is 7.99. The topological polar surface area (TPSA) is 90.2 Å². The van der Waals surface area contributed by atoms with Gasteiger partial charge in [0.15, 0.2) is 0 Å². The maximum atomic E-state index is 9.51. The van der Waals surface area contributed by atoms with Crippen molar-refractivity contribution < 1.29 is 25.2 Å². The smallest absolute Gasteiger partial charge is 0.132 e. The molecular formula is C8H16O5S. The minimum atomic E-state index is -1.26. The van der Waals surface area contributed by atoms with E-state index in [1.165, 1.54) is 11.8 Å². The summed E-state index contributed by atoms with van der Waals surface area (Å²) in [6.07, 6.45) is -4.43. The van der Waals surface area contributed by atoms with Crippen molar-refractivity contribution >= 4 is 11.8 Å². The molecule has 1 fully saturated rings. The number of ether oxygens (including phenoxy) is 1. The lowest BCUT2D eigenvalue weighted by molar-refractivity contribution is -0.205. The van der Waals surface area contributed by atoms with Gasteiger partial charge in [0, 0.05) is 0 Å². The summed E-state index contributed by atoms with van der Waals surface area (Å²) in [5.41, 5.74) is -0.587. The second-order valence-corrected chi connectivity index (χ2v) is 4.53. The van der Waals surface area contributed by atoms with Crippen LogP contribution in [0.5, 0.6) is 0 Å². The van der Waals surface area contributed by atoms with Gasteiger partial charge in [0.2, 0.25) is 0 Å². The van der Waals surface area contributed by atoms with Crippen molar-refractivity contribution in [2.24, 2.45) is 0 Å². The molecular weight excluding hydrogens is 208 g/mol. The molecule has 0 aromatic carbocycles. The third kappa shape index (κ3) is 2.39. The van der Waals surface area contributed by atoms with Crippen LogP contribution in [0.2, 0.25) is 0 Å². The molecule has 84 valence electrons. The molecule has 0 amide bonds. The number of rotatable bonds is 3. The van der Waals surface area contributed by atoms with Crippen LogP contribution >= 0.6 is 11.8 Å². The maximum Gasteiger partial charge on any atom is 0.132 e. The van der Waals surface area contributed by atoms with E-state index in [2.05, 4.69) is 0 Å². The van der Waals surface area contributed by atoms with E-state index in [1.807, 2.05) is 6.92 Å². The van der Waals surface area contributed by atoms with Crippen LogP contribution in [0, 0.1) is 0 Å². The first-order valence-electron chi connectivity index (χ1n) is 4.54. The van der Waals surface area contributed by atoms with E-state index >= 15 is 0 Å². The van der Waals surface area contributed by atoms with Crippen LogP contribution in [0.4, 0.5) is 0 Å². The number of aliphatic hydroxyl groups excluding tert-OH is 4. The highest BCUT2D eigenvalue weighted by atomic mass is 32.2. The molecule has 0 aliphatic carbocycles. The van der Waals surface area contributed by atoms with E-state index in [-0.39, 0.29) is 6.61 Å². The molecule has 1 heterocycles. The Labute approximate surface area is 86.7 Å². The Hall–Kier alpha value is 0.150. The Morgan fingerprint density at radius 3 is 2.29 bits per heavy atom. The Morgan fingerprint density at radius 2 is 1.79 bits per heavy atom. The minimum absolute atomic E-state index is 0.369. The zero-order valence-electron chi connectivity index (χ0n) is 7.91. The van der Waals surface area contributed by atoms with Gasteiger partial charge in [-0.15, -0.1) is 11.8 Å². The standard InChI is InChI=1S/C8H16O5S/c1-2-14-8-7(12)6(11)5(10)4(3-9)13-8/h4-12H,2-3H2,1H3/t4-,5-,6+,7+,8-/m1/s1. The molecule has 0 unspecified atom stereocenters. The number of aliphatic hydroxyl groups is 4. The summed E-state index contributed by atoms with van der Waals surface area (Å²) in [4.78, 5) is 0. The molecule has 5 atom stereocenters. The maximum absolute atomic E-state index is 9.51. The molecule has 0 saturated carbocycles. The van der Waals surface area contributed by atoms with Crippen molar-refractivity contribution in [2.45, 2.75) is 36.8 Å². The molecule has 0 aromatic heterocycles. The molecule has 1 saturated heterocycles. The minimum Gasteiger partial charge on any atom is -0.394 e. The van der Waals surface area contributed by atoms with Crippen LogP contribution in [0.15, 0.2) is 0 Å². The van der Waals surface area contributed by atoms with E-state index in [9.17, 15) is 15.3 Å². The Bertz CT molecular complexity index is 175. The first-order valence-corrected chi connectivity index (χ1v) is 5.58. The predicted molar refractivity (Wildman–Crippen MR) is 51.9 cm³/mol. The zero-order chi connectivity index (χ0) is 10.7. The molecule has 1 aliphatic rings. The molecule has 0 spiro atoms. The number of hydrogen-bond acceptors (Lipinski definition) is 6. The van der Waals surface area contributed by atoms with Gasteiger partial charge in [0.05, 0.1) is 6.61 Å². The van der Waals surface area contributed by atoms with Crippen molar-refractivity contribution in [3.05, 3.63) is 0 Å². The fourth-order valence-corrected chi connectivity index (χ4v) is 2.28. The Morgan fingerprint density at radius 1 is 1.14 bits per heavy atom. The van der Waals surface area contributed by atoms with Crippen molar-refractivity contribution in [1.82, 2.24) is 0 Å². The summed E-state index contributed by atoms with van der Waals surface area (Å²) in [7, 11) is 0. The SMILES string of the molecule is CCS[C@H]1O[C@H](CO)[C@@H](O)[C@H](O)[C@@H]1O. The van der Waals surface area contributed by atoms with Crippen LogP contribution in [0.25, 0.3) is 0 Å². The van der Waals surface area contributed by atoms with E-state index in [4.69, 9.17) is 9.84 Å². The number of hydrogen-bond donors (Lipinski definition) is 4. The summed E-state index contributed by atoms with van der Waals surface area (Å²) in [6.45, 7) is 1.53. The average molecular weight is 224 g/mol. The number of thioether (sulfide) groups is 1. The second-order valence-electron chi connectivity index (χ2n) is 3.15. The van der Waals surface area contributed by atoms with Crippen LogP contribution in [0.1, 0.15) is 6.92 Å². The van der Waals surface area contributed by atoms with Gasteiger partial charge in [-0.25, -0.2) is 0 Å². The van der Waals surface area contributed by atoms with Crippen LogP contribution in [-0.2, 0) is 4.74 Å². The largest absolute Gasteiger partial charge is 0.394 e. The summed E-state index contributed by atoms with van der Waals surface area (Å²) in [5.74, 6) is 0.725. The fourth-order valence-electron chi connectivity index (χ4n) is 1.37. The van der Waals surface area contributed by atoms with Gasteiger partial charge in [0.1, 0.15) is 29.9 Å². The summed E-state index contributed by atoms with van der Waals surface area (Å²) < 4.78 is 5.22. The highest BCUT2D eigenvalue weighted by Crippen LogP contribution is 2.27. The molecule has 14 heavy (non-hydrogen) atoms. The van der Waals surface area contributed by atoms with Crippen molar-refractivity contribution in [3.8, 4) is 0 Å². The summed E-state index contributed by atoms with van der Waals surface area (Å²) in [5, 5.41) is 37.2. The monoisotopic (exact) mass is 224 g/mol. The molecule has 0 aromatic rings. The third-order valence-corrected chi connectivity index (χ3v) is 3.23. The van der Waals surface area contributed by atoms with Crippen molar-refractivity contribution in [3.63, 3.8) is 0 Å². The lowest BCUT2D eigenvalue weighted by Crippen LogP contribution is -2.57. The lowest BCUT2D eigenvalue weighted by Gasteiger charge is -2.39. The van der Waals surface area contributed by atoms with E-state index < -0.39 is 29.9 Å². The molecule has 1 aliphatic heterocycles. The summed E-state index contributed by atoms with van der Waals surface area (Å²) >= 11 is 1.33. The van der Waals surface area contributed by atoms with Crippen molar-refractivity contribution in [2.75, 3.05) is 12.4 Å². The third-order valence-electron chi connectivity index (χ3n) is 2.18. The first kappa shape index (κ1) is 12.2. The van der Waals surface area contributed by atoms with Crippen molar-refractivity contribution in [1.29, 1.82) is 0 Å². The van der Waals surface area contributed by atoms with E-state index in [0.29, 0.717) is 0 Å². The van der Waals surface area contributed by atoms with E-state index in [1.54, 1.807) is 0 Å². The summed E-state index contributed by atoms with van der Waals surface area (Å²) in [6, 6.07) is 0. The predicted octanol–water partition coefficient (Wildman–Crippen LogP) is -1.46. The Kier molecular flexibility index (Phi) is 4.62. The van der Waals surface area contributed by atoms with Crippen LogP contribution in [-0.4, -0.2) is 62.6 Å². The van der Waals surface area contributed by atoms with Gasteiger partial charge >= 0.3 is 0 Å². The van der Waals surface area contributed by atoms with Gasteiger partial charge in [-0.05, 0) is 5.75 Å². The second kappa shape index (κ2) is 5.29. The average Bonchev–Trinajstić information content (AvgIpc) is 2.19. The van der Waals surface area contributed by atoms with Crippen LogP contribution in [0.3, 0.4) is 0 Å². The molecule has 6 heteroatoms. The molecule has 0 radical (unpaired) electrons. The van der Waals surface area contributed by atoms with Gasteiger partial charge in [-0.2, -0.15) is 0 Å². The zero-order valence-corrected chi connectivity index (χ0v) is 8.72. The molecule has 5 nitrogen and oxygen atoms in total. The van der Waals surface area contributed by atoms with Gasteiger partial charge in [0.25, 0.3) is 0 Å². The molecule has 4 N–H and O–H groups in total. The quantitative estimate of drug-likeness (QED) is 0.468. The van der Waals surface area contributed by atoms with Gasteiger partial charge in [-0.3, -0.25) is 0 Å². The highest BCUT2D eigenvalue weighted by Gasteiger charge is 2.43. The lowest BCUT2D eigenvalue weighted by atomic mass is 10.0. The normalized spacial score (nSPS) is 43.9. The Balaban J connectivity index is 2.63. The van der Waals surface area contributed by atoms with Crippen LogP contribution < -0.4 is 0 Å². The molecule has 1 rings (SSSR count). The first-order chi connectivity index (χ1) is 6.61. The van der Waals surface area contributed by atoms with Gasteiger partial charge in [-0.1, -0.05) is 6.92 Å². The fraction of sp³-hybridized carbons (Fsp3) is 1.00. The van der Waals surface area contributed by atoms with E-state index in [0.717, 1.165) is 5.75 Å². The molecule has 0 bridgehead atoms.